The van der Waals surface area contributed by atoms with Gasteiger partial charge < -0.3 is 4.90 Å². The molecular formula is C24H20ClN7O3S. The number of anilines is 1. The van der Waals surface area contributed by atoms with Crippen LogP contribution in [-0.2, 0) is 9.84 Å². The van der Waals surface area contributed by atoms with Crippen molar-refractivity contribution < 1.29 is 8.42 Å². The molecule has 0 N–H and O–H groups in total. The van der Waals surface area contributed by atoms with Gasteiger partial charge in [0.2, 0.25) is 9.84 Å². The van der Waals surface area contributed by atoms with Gasteiger partial charge in [-0.15, -0.1) is 5.10 Å². The molecule has 0 amide bonds. The first-order valence-corrected chi connectivity index (χ1v) is 13.5. The van der Waals surface area contributed by atoms with E-state index in [0.717, 1.165) is 12.7 Å². The molecule has 1 aliphatic rings. The van der Waals surface area contributed by atoms with Gasteiger partial charge in [-0.05, 0) is 37.1 Å². The fraction of sp³-hybridized carbons (Fsp3) is 0.208. The first kappa shape index (κ1) is 22.6. The zero-order valence-electron chi connectivity index (χ0n) is 19.1. The summed E-state index contributed by atoms with van der Waals surface area (Å²) in [7, 11) is -3.68. The molecule has 1 aliphatic heterocycles. The molecule has 0 aliphatic carbocycles. The van der Waals surface area contributed by atoms with Crippen LogP contribution in [0.2, 0.25) is 5.02 Å². The number of fused-ring (bicyclic) bond motifs is 2. The minimum Gasteiger partial charge on any atom is -0.343 e. The summed E-state index contributed by atoms with van der Waals surface area (Å²) in [4.78, 5) is 29.5. The summed E-state index contributed by atoms with van der Waals surface area (Å²) in [5, 5.41) is 4.48. The third-order valence-corrected chi connectivity index (χ3v) is 7.41. The van der Waals surface area contributed by atoms with Crippen molar-refractivity contribution in [1.82, 2.24) is 29.1 Å². The summed E-state index contributed by atoms with van der Waals surface area (Å²) >= 11 is 6.42. The Morgan fingerprint density at radius 1 is 1.06 bits per heavy atom. The second-order valence-electron chi connectivity index (χ2n) is 8.62. The van der Waals surface area contributed by atoms with Crippen LogP contribution in [0.4, 0.5) is 5.82 Å². The van der Waals surface area contributed by atoms with Crippen molar-refractivity contribution in [2.45, 2.75) is 24.0 Å². The van der Waals surface area contributed by atoms with E-state index < -0.39 is 9.84 Å². The maximum absolute atomic E-state index is 13.8. The van der Waals surface area contributed by atoms with Gasteiger partial charge in [-0.25, -0.2) is 22.9 Å². The average molecular weight is 522 g/mol. The maximum Gasteiger partial charge on any atom is 0.267 e. The Balaban J connectivity index is 1.62. The summed E-state index contributed by atoms with van der Waals surface area (Å²) in [6.45, 7) is 0.575. The molecule has 182 valence electrons. The number of imidazole rings is 1. The van der Waals surface area contributed by atoms with Gasteiger partial charge in [0.15, 0.2) is 11.5 Å². The first-order valence-electron chi connectivity index (χ1n) is 11.3. The molecule has 36 heavy (non-hydrogen) atoms. The van der Waals surface area contributed by atoms with Crippen molar-refractivity contribution in [3.8, 4) is 5.69 Å². The largest absolute Gasteiger partial charge is 0.343 e. The van der Waals surface area contributed by atoms with E-state index in [-0.39, 0.29) is 16.8 Å². The van der Waals surface area contributed by atoms with Crippen LogP contribution in [0.25, 0.3) is 22.2 Å². The highest BCUT2D eigenvalue weighted by Gasteiger charge is 2.34. The lowest BCUT2D eigenvalue weighted by molar-refractivity contribution is 0.584. The van der Waals surface area contributed by atoms with E-state index in [1.807, 2.05) is 35.2 Å². The SMILES string of the molecule is CS(=O)(=O)c1nc(N2CCCC2c2nc3cccc(Cl)c3c(=O)n2-c2ccccc2)c2nccn2n1. The van der Waals surface area contributed by atoms with E-state index in [1.165, 1.54) is 4.52 Å². The maximum atomic E-state index is 13.8. The number of nitrogens with zero attached hydrogens (tertiary/aromatic N) is 7. The molecule has 4 heterocycles. The van der Waals surface area contributed by atoms with Crippen molar-refractivity contribution in [2.75, 3.05) is 17.7 Å². The smallest absolute Gasteiger partial charge is 0.267 e. The third kappa shape index (κ3) is 3.62. The van der Waals surface area contributed by atoms with Crippen molar-refractivity contribution in [2.24, 2.45) is 0 Å². The van der Waals surface area contributed by atoms with E-state index in [9.17, 15) is 13.2 Å². The molecular weight excluding hydrogens is 502 g/mol. The fourth-order valence-electron chi connectivity index (χ4n) is 4.69. The molecule has 1 atom stereocenters. The lowest BCUT2D eigenvalue weighted by Crippen LogP contribution is -2.32. The number of sulfone groups is 1. The van der Waals surface area contributed by atoms with Crippen LogP contribution in [0, 0.1) is 0 Å². The van der Waals surface area contributed by atoms with Gasteiger partial charge in [-0.1, -0.05) is 35.9 Å². The van der Waals surface area contributed by atoms with Crippen LogP contribution < -0.4 is 10.5 Å². The predicted molar refractivity (Wildman–Crippen MR) is 136 cm³/mol. The van der Waals surface area contributed by atoms with Crippen molar-refractivity contribution in [3.63, 3.8) is 0 Å². The van der Waals surface area contributed by atoms with Gasteiger partial charge in [-0.3, -0.25) is 9.36 Å². The monoisotopic (exact) mass is 521 g/mol. The number of rotatable bonds is 4. The number of aromatic nitrogens is 6. The zero-order valence-corrected chi connectivity index (χ0v) is 20.7. The number of hydrogen-bond donors (Lipinski definition) is 0. The van der Waals surface area contributed by atoms with Crippen molar-refractivity contribution in [1.29, 1.82) is 0 Å². The lowest BCUT2D eigenvalue weighted by Gasteiger charge is -2.28. The average Bonchev–Trinajstić information content (AvgIpc) is 3.53. The molecule has 1 unspecified atom stereocenters. The Kier molecular flexibility index (Phi) is 5.27. The van der Waals surface area contributed by atoms with Crippen LogP contribution in [0.3, 0.4) is 0 Å². The van der Waals surface area contributed by atoms with Crippen LogP contribution in [0.5, 0.6) is 0 Å². The summed E-state index contributed by atoms with van der Waals surface area (Å²) < 4.78 is 27.7. The molecule has 3 aromatic heterocycles. The molecule has 1 saturated heterocycles. The van der Waals surface area contributed by atoms with E-state index in [0.29, 0.717) is 51.9 Å². The van der Waals surface area contributed by atoms with Gasteiger partial charge in [0.25, 0.3) is 10.7 Å². The highest BCUT2D eigenvalue weighted by molar-refractivity contribution is 7.90. The van der Waals surface area contributed by atoms with Crippen LogP contribution in [-0.4, -0.2) is 50.4 Å². The predicted octanol–water partition coefficient (Wildman–Crippen LogP) is 3.22. The highest BCUT2D eigenvalue weighted by atomic mass is 35.5. The Labute approximate surface area is 210 Å². The highest BCUT2D eigenvalue weighted by Crippen LogP contribution is 2.37. The number of hydrogen-bond acceptors (Lipinski definition) is 8. The standard InChI is InChI=1S/C24H20ClN7O3S/c1-36(34,35)24-28-22(21-26-12-14-31(21)29-24)30-13-6-11-18(30)20-27-17-10-5-9-16(25)19(17)23(33)32(20)15-7-3-2-4-8-15/h2-5,7-10,12,14,18H,6,11,13H2,1H3. The Morgan fingerprint density at radius 3 is 2.64 bits per heavy atom. The molecule has 2 aromatic carbocycles. The molecule has 5 aromatic rings. The first-order chi connectivity index (χ1) is 17.3. The summed E-state index contributed by atoms with van der Waals surface area (Å²) in [6, 6.07) is 14.1. The fourth-order valence-corrected chi connectivity index (χ4v) is 5.43. The minimum atomic E-state index is -3.68. The van der Waals surface area contributed by atoms with Gasteiger partial charge in [-0.2, -0.15) is 4.98 Å². The quantitative estimate of drug-likeness (QED) is 0.354. The van der Waals surface area contributed by atoms with Crippen molar-refractivity contribution >= 4 is 43.8 Å². The van der Waals surface area contributed by atoms with Crippen LogP contribution in [0.1, 0.15) is 24.7 Å². The zero-order chi connectivity index (χ0) is 25.0. The molecule has 0 radical (unpaired) electrons. The molecule has 12 heteroatoms. The molecule has 0 saturated carbocycles. The van der Waals surface area contributed by atoms with Crippen LogP contribution in [0.15, 0.2) is 70.9 Å². The number of para-hydroxylation sites is 1. The van der Waals surface area contributed by atoms with Crippen molar-refractivity contribution in [3.05, 3.63) is 82.1 Å². The van der Waals surface area contributed by atoms with E-state index in [2.05, 4.69) is 15.1 Å². The second-order valence-corrected chi connectivity index (χ2v) is 10.9. The van der Waals surface area contributed by atoms with Gasteiger partial charge in [0, 0.05) is 25.2 Å². The molecule has 10 nitrogen and oxygen atoms in total. The minimum absolute atomic E-state index is 0.274. The Hall–Kier alpha value is -3.83. The van der Waals surface area contributed by atoms with E-state index in [1.54, 1.807) is 35.2 Å². The molecule has 0 spiro atoms. The van der Waals surface area contributed by atoms with Crippen LogP contribution >= 0.6 is 11.6 Å². The van der Waals surface area contributed by atoms with E-state index in [4.69, 9.17) is 16.6 Å². The molecule has 1 fully saturated rings. The van der Waals surface area contributed by atoms with Gasteiger partial charge >= 0.3 is 0 Å². The number of benzene rings is 2. The molecule has 0 bridgehead atoms. The van der Waals surface area contributed by atoms with E-state index >= 15 is 0 Å². The normalized spacial score (nSPS) is 16.3. The second kappa shape index (κ2) is 8.38. The topological polar surface area (TPSA) is 115 Å². The third-order valence-electron chi connectivity index (χ3n) is 6.26. The lowest BCUT2D eigenvalue weighted by atomic mass is 10.1. The molecule has 6 rings (SSSR count). The van der Waals surface area contributed by atoms with Gasteiger partial charge in [0.05, 0.1) is 27.7 Å². The Morgan fingerprint density at radius 2 is 1.86 bits per heavy atom. The summed E-state index contributed by atoms with van der Waals surface area (Å²) in [6.07, 6.45) is 5.65. The summed E-state index contributed by atoms with van der Waals surface area (Å²) in [5.74, 6) is 0.890. The Bertz CT molecular complexity index is 1800. The summed E-state index contributed by atoms with van der Waals surface area (Å²) in [5.41, 5.74) is 1.30. The number of halogens is 1. The van der Waals surface area contributed by atoms with Gasteiger partial charge in [0.1, 0.15) is 5.82 Å².